The van der Waals surface area contributed by atoms with Crippen LogP contribution < -0.4 is 11.3 Å². The zero-order valence-corrected chi connectivity index (χ0v) is 12.9. The third-order valence-corrected chi connectivity index (χ3v) is 3.87. The molecule has 0 fully saturated rings. The Kier molecular flexibility index (Phi) is 3.32. The first-order valence-electron chi connectivity index (χ1n) is 7.10. The second-order valence-corrected chi connectivity index (χ2v) is 5.64. The van der Waals surface area contributed by atoms with Gasteiger partial charge in [0.2, 0.25) is 0 Å². The second kappa shape index (κ2) is 5.50. The van der Waals surface area contributed by atoms with Crippen molar-refractivity contribution >= 4 is 22.7 Å². The molecule has 4 aromatic rings. The molecule has 0 radical (unpaired) electrons. The zero-order valence-electron chi connectivity index (χ0n) is 12.2. The van der Waals surface area contributed by atoms with Crippen LogP contribution in [0.4, 0.5) is 0 Å². The summed E-state index contributed by atoms with van der Waals surface area (Å²) in [6.07, 6.45) is 0. The van der Waals surface area contributed by atoms with Gasteiger partial charge in [0.25, 0.3) is 5.56 Å². The van der Waals surface area contributed by atoms with Gasteiger partial charge < -0.3 is 4.42 Å². The number of H-pyrrole nitrogens is 2. The number of oxazole rings is 1. The predicted molar refractivity (Wildman–Crippen MR) is 91.1 cm³/mol. The van der Waals surface area contributed by atoms with Gasteiger partial charge in [0.1, 0.15) is 0 Å². The maximum Gasteiger partial charge on any atom is 0.417 e. The van der Waals surface area contributed by atoms with Gasteiger partial charge in [-0.2, -0.15) is 5.10 Å². The van der Waals surface area contributed by atoms with Crippen molar-refractivity contribution in [2.75, 3.05) is 0 Å². The van der Waals surface area contributed by atoms with Crippen LogP contribution in [-0.2, 0) is 0 Å². The highest BCUT2D eigenvalue weighted by molar-refractivity contribution is 6.31. The van der Waals surface area contributed by atoms with Crippen LogP contribution in [0.2, 0.25) is 5.02 Å². The van der Waals surface area contributed by atoms with E-state index in [0.717, 1.165) is 5.56 Å². The summed E-state index contributed by atoms with van der Waals surface area (Å²) in [6, 6.07) is 14.1. The third kappa shape index (κ3) is 2.43. The van der Waals surface area contributed by atoms with Gasteiger partial charge >= 0.3 is 5.76 Å². The molecule has 2 aromatic carbocycles. The maximum atomic E-state index is 12.1. The Hall–Kier alpha value is -3.12. The van der Waals surface area contributed by atoms with Crippen LogP contribution >= 0.6 is 11.6 Å². The minimum absolute atomic E-state index is 0.307. The van der Waals surface area contributed by atoms with Gasteiger partial charge in [-0.15, -0.1) is 0 Å². The molecule has 0 aliphatic rings. The van der Waals surface area contributed by atoms with E-state index >= 15 is 0 Å². The van der Waals surface area contributed by atoms with Crippen molar-refractivity contribution in [2.24, 2.45) is 0 Å². The van der Waals surface area contributed by atoms with Gasteiger partial charge in [-0.3, -0.25) is 9.78 Å². The van der Waals surface area contributed by atoms with Gasteiger partial charge in [-0.05, 0) is 23.8 Å². The van der Waals surface area contributed by atoms with Crippen molar-refractivity contribution in [3.8, 4) is 22.4 Å². The Labute approximate surface area is 139 Å². The normalized spacial score (nSPS) is 11.0. The Balaban J connectivity index is 1.99. The summed E-state index contributed by atoms with van der Waals surface area (Å²) in [5.74, 6) is -0.582. The molecule has 0 atom stereocenters. The van der Waals surface area contributed by atoms with E-state index in [9.17, 15) is 9.59 Å². The molecule has 4 rings (SSSR count). The van der Waals surface area contributed by atoms with Crippen LogP contribution in [0, 0.1) is 0 Å². The lowest BCUT2D eigenvalue weighted by Crippen LogP contribution is -2.11. The van der Waals surface area contributed by atoms with Crippen molar-refractivity contribution in [3.05, 3.63) is 74.5 Å². The van der Waals surface area contributed by atoms with Crippen molar-refractivity contribution < 1.29 is 4.42 Å². The molecule has 2 N–H and O–H groups in total. The van der Waals surface area contributed by atoms with E-state index in [1.54, 1.807) is 18.2 Å². The van der Waals surface area contributed by atoms with Crippen LogP contribution in [-0.4, -0.2) is 15.2 Å². The highest BCUT2D eigenvalue weighted by Gasteiger charge is 2.14. The van der Waals surface area contributed by atoms with Gasteiger partial charge in [-0.1, -0.05) is 41.9 Å². The van der Waals surface area contributed by atoms with Gasteiger partial charge in [0.15, 0.2) is 5.58 Å². The van der Waals surface area contributed by atoms with Crippen LogP contribution in [0.5, 0.6) is 0 Å². The molecule has 0 amide bonds. The van der Waals surface area contributed by atoms with E-state index in [0.29, 0.717) is 32.9 Å². The largest absolute Gasteiger partial charge is 0.417 e. The first-order valence-corrected chi connectivity index (χ1v) is 7.47. The molecule has 0 aliphatic heterocycles. The zero-order chi connectivity index (χ0) is 16.7. The van der Waals surface area contributed by atoms with E-state index in [-0.39, 0.29) is 5.56 Å². The topological polar surface area (TPSA) is 91.8 Å². The van der Waals surface area contributed by atoms with Crippen LogP contribution in [0.1, 0.15) is 0 Å². The number of rotatable bonds is 2. The number of nitrogens with one attached hydrogen (secondary N) is 2. The van der Waals surface area contributed by atoms with E-state index < -0.39 is 5.76 Å². The number of hydrogen-bond acceptors (Lipinski definition) is 4. The molecule has 0 saturated heterocycles. The predicted octanol–water partition coefficient (Wildman–Crippen LogP) is 3.19. The summed E-state index contributed by atoms with van der Waals surface area (Å²) in [6.45, 7) is 0. The molecule has 7 heteroatoms. The van der Waals surface area contributed by atoms with Crippen LogP contribution in [0.25, 0.3) is 33.5 Å². The Morgan fingerprint density at radius 2 is 1.79 bits per heavy atom. The number of hydrogen-bond donors (Lipinski definition) is 2. The van der Waals surface area contributed by atoms with Gasteiger partial charge in [-0.25, -0.2) is 9.89 Å². The molecular formula is C17H10ClN3O3. The number of benzene rings is 2. The standard InChI is InChI=1S/C17H10ClN3O3/c18-10-6-12(15-14(7-10)19-17(23)24-15)13-8-11(16(22)21-20-13)9-4-2-1-3-5-9/h1-8H,(H,19,23)(H,21,22). The summed E-state index contributed by atoms with van der Waals surface area (Å²) in [4.78, 5) is 26.2. The molecule has 6 nitrogen and oxygen atoms in total. The molecule has 0 bridgehead atoms. The molecule has 2 aromatic heterocycles. The lowest BCUT2D eigenvalue weighted by molar-refractivity contribution is 0.556. The first kappa shape index (κ1) is 14.5. The fourth-order valence-corrected chi connectivity index (χ4v) is 2.81. The summed E-state index contributed by atoms with van der Waals surface area (Å²) < 4.78 is 5.18. The van der Waals surface area contributed by atoms with Gasteiger partial charge in [0, 0.05) is 10.6 Å². The molecule has 0 aliphatic carbocycles. The summed E-state index contributed by atoms with van der Waals surface area (Å²) in [5, 5.41) is 6.96. The van der Waals surface area contributed by atoms with E-state index in [4.69, 9.17) is 16.0 Å². The average molecular weight is 340 g/mol. The number of halogens is 1. The van der Waals surface area contributed by atoms with E-state index in [2.05, 4.69) is 15.2 Å². The fraction of sp³-hybridized carbons (Fsp3) is 0. The number of nitrogens with zero attached hydrogens (tertiary/aromatic N) is 1. The minimum Gasteiger partial charge on any atom is -0.407 e. The van der Waals surface area contributed by atoms with Crippen molar-refractivity contribution in [1.82, 2.24) is 15.2 Å². The Morgan fingerprint density at radius 3 is 2.58 bits per heavy atom. The minimum atomic E-state index is -0.582. The molecule has 0 saturated carbocycles. The summed E-state index contributed by atoms with van der Waals surface area (Å²) in [5.41, 5.74) is 2.69. The maximum absolute atomic E-state index is 12.1. The van der Waals surface area contributed by atoms with Crippen LogP contribution in [0.15, 0.2) is 62.5 Å². The van der Waals surface area contributed by atoms with Crippen LogP contribution in [0.3, 0.4) is 0 Å². The molecule has 2 heterocycles. The number of aromatic nitrogens is 3. The molecule has 0 spiro atoms. The molecule has 118 valence electrons. The summed E-state index contributed by atoms with van der Waals surface area (Å²) >= 11 is 6.11. The van der Waals surface area contributed by atoms with E-state index in [1.807, 2.05) is 30.3 Å². The smallest absolute Gasteiger partial charge is 0.407 e. The average Bonchev–Trinajstić information content (AvgIpc) is 2.95. The highest BCUT2D eigenvalue weighted by Crippen LogP contribution is 2.30. The lowest BCUT2D eigenvalue weighted by Gasteiger charge is -2.05. The van der Waals surface area contributed by atoms with E-state index in [1.165, 1.54) is 0 Å². The quantitative estimate of drug-likeness (QED) is 0.586. The fourth-order valence-electron chi connectivity index (χ4n) is 2.59. The van der Waals surface area contributed by atoms with Crippen molar-refractivity contribution in [2.45, 2.75) is 0 Å². The third-order valence-electron chi connectivity index (χ3n) is 3.65. The second-order valence-electron chi connectivity index (χ2n) is 5.21. The number of fused-ring (bicyclic) bond motifs is 1. The van der Waals surface area contributed by atoms with Crippen molar-refractivity contribution in [3.63, 3.8) is 0 Å². The first-order chi connectivity index (χ1) is 11.6. The lowest BCUT2D eigenvalue weighted by atomic mass is 10.0. The van der Waals surface area contributed by atoms with Gasteiger partial charge in [0.05, 0.1) is 16.8 Å². The highest BCUT2D eigenvalue weighted by atomic mass is 35.5. The molecule has 0 unspecified atom stereocenters. The summed E-state index contributed by atoms with van der Waals surface area (Å²) in [7, 11) is 0. The van der Waals surface area contributed by atoms with Crippen molar-refractivity contribution in [1.29, 1.82) is 0 Å². The Bertz CT molecular complexity index is 1160. The molecule has 24 heavy (non-hydrogen) atoms. The SMILES string of the molecule is O=c1[nH]c2cc(Cl)cc(-c3cc(-c4ccccc4)c(=O)[nH]n3)c2o1. The molecular weight excluding hydrogens is 330 g/mol. The monoisotopic (exact) mass is 339 g/mol. The number of aromatic amines is 2. The Morgan fingerprint density at radius 1 is 1.00 bits per heavy atom.